The molecule has 0 aliphatic carbocycles. The summed E-state index contributed by atoms with van der Waals surface area (Å²) in [6.45, 7) is 1.99. The van der Waals surface area contributed by atoms with Gasteiger partial charge in [0, 0.05) is 0 Å². The van der Waals surface area contributed by atoms with Crippen LogP contribution in [0.25, 0.3) is 0 Å². The molecule has 2 aromatic carbocycles. The molecule has 0 radical (unpaired) electrons. The molecule has 0 aliphatic heterocycles. The van der Waals surface area contributed by atoms with Gasteiger partial charge in [0.05, 0.1) is 18.4 Å². The van der Waals surface area contributed by atoms with Crippen molar-refractivity contribution >= 4 is 23.2 Å². The lowest BCUT2D eigenvalue weighted by molar-refractivity contribution is 0.0602. The maximum Gasteiger partial charge on any atom is 0.339 e. The standard InChI is InChI=1S/C19H18N4O3/c1-12-7-9-13(10-8-12)26-18-16(20)17(21-11-22-18)23-15-6-4-3-5-14(15)19(24)25-2/h3-11H,20H2,1-2H3,(H,21,22,23). The number of nitrogens with zero attached hydrogens (tertiary/aromatic N) is 2. The first-order valence-electron chi connectivity index (χ1n) is 7.88. The van der Waals surface area contributed by atoms with Gasteiger partial charge < -0.3 is 20.5 Å². The monoisotopic (exact) mass is 350 g/mol. The maximum absolute atomic E-state index is 11.9. The van der Waals surface area contributed by atoms with Gasteiger partial charge in [0.25, 0.3) is 0 Å². The molecule has 0 atom stereocenters. The minimum absolute atomic E-state index is 0.224. The second-order valence-corrected chi connectivity index (χ2v) is 5.52. The number of nitrogens with one attached hydrogen (secondary N) is 1. The third kappa shape index (κ3) is 3.72. The molecule has 3 N–H and O–H groups in total. The van der Waals surface area contributed by atoms with E-state index in [-0.39, 0.29) is 11.6 Å². The molecule has 0 fully saturated rings. The summed E-state index contributed by atoms with van der Waals surface area (Å²) in [5.74, 6) is 0.708. The number of methoxy groups -OCH3 is 1. The zero-order chi connectivity index (χ0) is 18.5. The summed E-state index contributed by atoms with van der Waals surface area (Å²) >= 11 is 0. The number of nitrogen functional groups attached to an aromatic ring is 1. The van der Waals surface area contributed by atoms with Crippen molar-refractivity contribution < 1.29 is 14.3 Å². The van der Waals surface area contributed by atoms with Gasteiger partial charge in [0.1, 0.15) is 17.8 Å². The first-order valence-corrected chi connectivity index (χ1v) is 7.88. The van der Waals surface area contributed by atoms with E-state index in [4.69, 9.17) is 15.2 Å². The fourth-order valence-corrected chi connectivity index (χ4v) is 2.29. The normalized spacial score (nSPS) is 10.2. The number of ether oxygens (including phenoxy) is 2. The average molecular weight is 350 g/mol. The second kappa shape index (κ2) is 7.52. The van der Waals surface area contributed by atoms with Crippen molar-refractivity contribution in [2.45, 2.75) is 6.92 Å². The molecule has 7 heteroatoms. The summed E-state index contributed by atoms with van der Waals surface area (Å²) in [4.78, 5) is 20.1. The highest BCUT2D eigenvalue weighted by Crippen LogP contribution is 2.31. The molecule has 7 nitrogen and oxygen atoms in total. The van der Waals surface area contributed by atoms with Gasteiger partial charge in [-0.15, -0.1) is 0 Å². The molecule has 0 unspecified atom stereocenters. The smallest absolute Gasteiger partial charge is 0.339 e. The van der Waals surface area contributed by atoms with Crippen LogP contribution in [0.4, 0.5) is 17.2 Å². The van der Waals surface area contributed by atoms with Crippen LogP contribution in [0.1, 0.15) is 15.9 Å². The van der Waals surface area contributed by atoms with E-state index in [1.807, 2.05) is 31.2 Å². The van der Waals surface area contributed by atoms with Crippen molar-refractivity contribution in [3.8, 4) is 11.6 Å². The van der Waals surface area contributed by atoms with E-state index >= 15 is 0 Å². The minimum Gasteiger partial charge on any atom is -0.465 e. The molecule has 3 rings (SSSR count). The van der Waals surface area contributed by atoms with E-state index in [1.54, 1.807) is 24.3 Å². The number of rotatable bonds is 5. The van der Waals surface area contributed by atoms with Crippen molar-refractivity contribution in [1.82, 2.24) is 9.97 Å². The number of carbonyl (C=O) groups is 1. The minimum atomic E-state index is -0.461. The third-order valence-electron chi connectivity index (χ3n) is 3.67. The SMILES string of the molecule is COC(=O)c1ccccc1Nc1ncnc(Oc2ccc(C)cc2)c1N. The zero-order valence-corrected chi connectivity index (χ0v) is 14.4. The molecule has 132 valence electrons. The molecule has 0 spiro atoms. The van der Waals surface area contributed by atoms with Crippen molar-refractivity contribution in [3.05, 3.63) is 66.0 Å². The summed E-state index contributed by atoms with van der Waals surface area (Å²) in [6, 6.07) is 14.4. The Hall–Kier alpha value is -3.61. The number of nitrogens with two attached hydrogens (primary N) is 1. The van der Waals surface area contributed by atoms with Crippen LogP contribution in [0.2, 0.25) is 0 Å². The van der Waals surface area contributed by atoms with Crippen LogP contribution in [-0.4, -0.2) is 23.0 Å². The Bertz CT molecular complexity index is 926. The number of anilines is 3. The van der Waals surface area contributed by atoms with E-state index in [0.717, 1.165) is 5.56 Å². The van der Waals surface area contributed by atoms with Gasteiger partial charge in [0.2, 0.25) is 5.88 Å². The van der Waals surface area contributed by atoms with Gasteiger partial charge >= 0.3 is 5.97 Å². The summed E-state index contributed by atoms with van der Waals surface area (Å²) < 4.78 is 10.5. The van der Waals surface area contributed by atoms with Crippen LogP contribution in [0, 0.1) is 6.92 Å². The number of hydrogen-bond acceptors (Lipinski definition) is 7. The first-order chi connectivity index (χ1) is 12.6. The molecule has 26 heavy (non-hydrogen) atoms. The van der Waals surface area contributed by atoms with Crippen LogP contribution in [0.3, 0.4) is 0 Å². The van der Waals surface area contributed by atoms with Crippen molar-refractivity contribution in [2.75, 3.05) is 18.2 Å². The Morgan fingerprint density at radius 3 is 2.54 bits per heavy atom. The van der Waals surface area contributed by atoms with Crippen LogP contribution in [-0.2, 0) is 4.74 Å². The number of esters is 1. The summed E-state index contributed by atoms with van der Waals surface area (Å²) in [7, 11) is 1.33. The maximum atomic E-state index is 11.9. The quantitative estimate of drug-likeness (QED) is 0.677. The zero-order valence-electron chi connectivity index (χ0n) is 14.4. The number of para-hydroxylation sites is 1. The molecule has 0 saturated carbocycles. The van der Waals surface area contributed by atoms with Gasteiger partial charge in [-0.1, -0.05) is 29.8 Å². The van der Waals surface area contributed by atoms with E-state index in [1.165, 1.54) is 13.4 Å². The summed E-state index contributed by atoms with van der Waals surface area (Å²) in [5.41, 5.74) is 8.38. The third-order valence-corrected chi connectivity index (χ3v) is 3.67. The molecule has 0 aliphatic rings. The molecule has 3 aromatic rings. The van der Waals surface area contributed by atoms with Crippen molar-refractivity contribution in [2.24, 2.45) is 0 Å². The van der Waals surface area contributed by atoms with Gasteiger partial charge in [-0.05, 0) is 31.2 Å². The number of carbonyl (C=O) groups excluding carboxylic acids is 1. The predicted molar refractivity (Wildman–Crippen MR) is 98.8 cm³/mol. The fourth-order valence-electron chi connectivity index (χ4n) is 2.29. The first kappa shape index (κ1) is 17.2. The average Bonchev–Trinajstić information content (AvgIpc) is 2.66. The molecule has 1 aromatic heterocycles. The van der Waals surface area contributed by atoms with Gasteiger partial charge in [-0.3, -0.25) is 0 Å². The molecule has 1 heterocycles. The second-order valence-electron chi connectivity index (χ2n) is 5.52. The number of benzene rings is 2. The Morgan fingerprint density at radius 2 is 1.81 bits per heavy atom. The number of hydrogen-bond donors (Lipinski definition) is 2. The molecule has 0 bridgehead atoms. The molecular formula is C19H18N4O3. The highest BCUT2D eigenvalue weighted by molar-refractivity contribution is 5.96. The van der Waals surface area contributed by atoms with E-state index in [9.17, 15) is 4.79 Å². The lowest BCUT2D eigenvalue weighted by atomic mass is 10.2. The fraction of sp³-hybridized carbons (Fsp3) is 0.105. The van der Waals surface area contributed by atoms with Gasteiger partial charge in [-0.25, -0.2) is 9.78 Å². The van der Waals surface area contributed by atoms with Crippen LogP contribution < -0.4 is 15.8 Å². The predicted octanol–water partition coefficient (Wildman–Crippen LogP) is 3.69. The lowest BCUT2D eigenvalue weighted by Gasteiger charge is -2.13. The highest BCUT2D eigenvalue weighted by Gasteiger charge is 2.15. The molecule has 0 amide bonds. The summed E-state index contributed by atoms with van der Waals surface area (Å²) in [5, 5.41) is 3.03. The van der Waals surface area contributed by atoms with Crippen molar-refractivity contribution in [3.63, 3.8) is 0 Å². The Morgan fingerprint density at radius 1 is 1.08 bits per heavy atom. The number of aromatic nitrogens is 2. The van der Waals surface area contributed by atoms with Gasteiger partial charge in [0.15, 0.2) is 5.82 Å². The van der Waals surface area contributed by atoms with Crippen LogP contribution in [0.5, 0.6) is 11.6 Å². The summed E-state index contributed by atoms with van der Waals surface area (Å²) in [6.07, 6.45) is 1.34. The Kier molecular flexibility index (Phi) is 4.98. The lowest BCUT2D eigenvalue weighted by Crippen LogP contribution is -2.08. The Labute approximate surface area is 150 Å². The van der Waals surface area contributed by atoms with Crippen molar-refractivity contribution in [1.29, 1.82) is 0 Å². The molecule has 0 saturated heterocycles. The largest absolute Gasteiger partial charge is 0.465 e. The van der Waals surface area contributed by atoms with Gasteiger partial charge in [-0.2, -0.15) is 4.98 Å². The van der Waals surface area contributed by atoms with Crippen LogP contribution >= 0.6 is 0 Å². The van der Waals surface area contributed by atoms with E-state index in [0.29, 0.717) is 22.8 Å². The van der Waals surface area contributed by atoms with Crippen LogP contribution in [0.15, 0.2) is 54.9 Å². The van der Waals surface area contributed by atoms with E-state index in [2.05, 4.69) is 15.3 Å². The van der Waals surface area contributed by atoms with E-state index < -0.39 is 5.97 Å². The highest BCUT2D eigenvalue weighted by atomic mass is 16.5. The number of aryl methyl sites for hydroxylation is 1. The topological polar surface area (TPSA) is 99.4 Å². The molecular weight excluding hydrogens is 332 g/mol. The Balaban J connectivity index is 1.88.